The molecule has 2 aromatic carbocycles. The number of carbonyl (C=O) groups is 2. The van der Waals surface area contributed by atoms with Gasteiger partial charge in [-0.2, -0.15) is 0 Å². The highest BCUT2D eigenvalue weighted by atomic mass is 35.5. The summed E-state index contributed by atoms with van der Waals surface area (Å²) in [6, 6.07) is 14.6. The molecule has 1 atom stereocenters. The van der Waals surface area contributed by atoms with Crippen molar-refractivity contribution in [1.29, 1.82) is 0 Å². The van der Waals surface area contributed by atoms with Crippen molar-refractivity contribution in [1.82, 2.24) is 10.2 Å². The van der Waals surface area contributed by atoms with Gasteiger partial charge in [0.15, 0.2) is 0 Å². The molecule has 2 rings (SSSR count). The standard InChI is InChI=1S/C22H27ClN2O2/c1-4-13-24-22(27)17(3)25(15-19-11-6-5-9-16(19)2)21(26)14-18-10-7-8-12-20(18)23/h5-12,17H,4,13-15H2,1-3H3,(H,24,27)/t17-/m0/s1. The monoisotopic (exact) mass is 386 g/mol. The van der Waals surface area contributed by atoms with Crippen LogP contribution in [-0.2, 0) is 22.6 Å². The van der Waals surface area contributed by atoms with Gasteiger partial charge < -0.3 is 10.2 Å². The minimum absolute atomic E-state index is 0.120. The quantitative estimate of drug-likeness (QED) is 0.741. The van der Waals surface area contributed by atoms with E-state index in [4.69, 9.17) is 11.6 Å². The third-order valence-corrected chi connectivity index (χ3v) is 4.99. The van der Waals surface area contributed by atoms with Crippen molar-refractivity contribution in [3.63, 3.8) is 0 Å². The van der Waals surface area contributed by atoms with Crippen LogP contribution >= 0.6 is 11.6 Å². The molecule has 0 saturated heterocycles. The molecule has 0 heterocycles. The van der Waals surface area contributed by atoms with E-state index in [0.29, 0.717) is 18.1 Å². The second-order valence-electron chi connectivity index (χ2n) is 6.68. The highest BCUT2D eigenvalue weighted by Crippen LogP contribution is 2.19. The largest absolute Gasteiger partial charge is 0.354 e. The molecule has 0 saturated carbocycles. The molecule has 2 aromatic rings. The Balaban J connectivity index is 2.25. The van der Waals surface area contributed by atoms with Crippen LogP contribution in [0.2, 0.25) is 5.02 Å². The van der Waals surface area contributed by atoms with Gasteiger partial charge in [-0.15, -0.1) is 0 Å². The molecule has 0 aliphatic heterocycles. The van der Waals surface area contributed by atoms with Crippen LogP contribution in [0, 0.1) is 6.92 Å². The molecule has 5 heteroatoms. The fourth-order valence-electron chi connectivity index (χ4n) is 2.86. The van der Waals surface area contributed by atoms with Gasteiger partial charge in [0.2, 0.25) is 11.8 Å². The van der Waals surface area contributed by atoms with E-state index in [1.54, 1.807) is 17.9 Å². The van der Waals surface area contributed by atoms with E-state index in [2.05, 4.69) is 5.32 Å². The Bertz CT molecular complexity index is 791. The molecule has 0 spiro atoms. The lowest BCUT2D eigenvalue weighted by Gasteiger charge is -2.29. The number of benzene rings is 2. The summed E-state index contributed by atoms with van der Waals surface area (Å²) in [7, 11) is 0. The molecule has 2 amide bonds. The Morgan fingerprint density at radius 2 is 1.70 bits per heavy atom. The number of amides is 2. The zero-order valence-electron chi connectivity index (χ0n) is 16.2. The summed E-state index contributed by atoms with van der Waals surface area (Å²) in [4.78, 5) is 27.2. The average Bonchev–Trinajstić information content (AvgIpc) is 2.66. The lowest BCUT2D eigenvalue weighted by molar-refractivity contribution is -0.140. The van der Waals surface area contributed by atoms with Crippen molar-refractivity contribution in [3.8, 4) is 0 Å². The van der Waals surface area contributed by atoms with E-state index in [9.17, 15) is 9.59 Å². The van der Waals surface area contributed by atoms with Gasteiger partial charge in [0.1, 0.15) is 6.04 Å². The molecule has 0 radical (unpaired) electrons. The fourth-order valence-corrected chi connectivity index (χ4v) is 3.06. The smallest absolute Gasteiger partial charge is 0.242 e. The molecular formula is C22H27ClN2O2. The Kier molecular flexibility index (Phi) is 7.86. The molecule has 1 N–H and O–H groups in total. The van der Waals surface area contributed by atoms with Crippen LogP contribution < -0.4 is 5.32 Å². The molecule has 0 aromatic heterocycles. The Hall–Kier alpha value is -2.33. The summed E-state index contributed by atoms with van der Waals surface area (Å²) in [5.41, 5.74) is 2.88. The second-order valence-corrected chi connectivity index (χ2v) is 7.09. The first-order chi connectivity index (χ1) is 12.9. The number of nitrogens with one attached hydrogen (secondary N) is 1. The van der Waals surface area contributed by atoms with Gasteiger partial charge >= 0.3 is 0 Å². The summed E-state index contributed by atoms with van der Waals surface area (Å²) in [5.74, 6) is -0.261. The van der Waals surface area contributed by atoms with E-state index >= 15 is 0 Å². The maximum absolute atomic E-state index is 13.1. The topological polar surface area (TPSA) is 49.4 Å². The number of nitrogens with zero attached hydrogens (tertiary/aromatic N) is 1. The van der Waals surface area contributed by atoms with Gasteiger partial charge in [-0.05, 0) is 43.0 Å². The summed E-state index contributed by atoms with van der Waals surface area (Å²) < 4.78 is 0. The SMILES string of the molecule is CCCNC(=O)[C@H](C)N(Cc1ccccc1C)C(=O)Cc1ccccc1Cl. The predicted molar refractivity (Wildman–Crippen MR) is 110 cm³/mol. The number of hydrogen-bond donors (Lipinski definition) is 1. The second kappa shape index (κ2) is 10.1. The van der Waals surface area contributed by atoms with Crippen LogP contribution in [0.25, 0.3) is 0 Å². The number of hydrogen-bond acceptors (Lipinski definition) is 2. The van der Waals surface area contributed by atoms with Crippen LogP contribution in [0.15, 0.2) is 48.5 Å². The average molecular weight is 387 g/mol. The van der Waals surface area contributed by atoms with Gasteiger partial charge in [-0.25, -0.2) is 0 Å². The minimum atomic E-state index is -0.564. The normalized spacial score (nSPS) is 11.7. The van der Waals surface area contributed by atoms with Crippen LogP contribution in [0.4, 0.5) is 0 Å². The van der Waals surface area contributed by atoms with Gasteiger partial charge in [-0.3, -0.25) is 9.59 Å². The van der Waals surface area contributed by atoms with E-state index < -0.39 is 6.04 Å². The highest BCUT2D eigenvalue weighted by Gasteiger charge is 2.26. The molecule has 0 unspecified atom stereocenters. The third-order valence-electron chi connectivity index (χ3n) is 4.62. The zero-order chi connectivity index (χ0) is 19.8. The third kappa shape index (κ3) is 5.83. The zero-order valence-corrected chi connectivity index (χ0v) is 16.9. The number of aryl methyl sites for hydroxylation is 1. The van der Waals surface area contributed by atoms with E-state index in [-0.39, 0.29) is 18.2 Å². The van der Waals surface area contributed by atoms with Crippen molar-refractivity contribution >= 4 is 23.4 Å². The van der Waals surface area contributed by atoms with Gasteiger partial charge in [0.25, 0.3) is 0 Å². The Morgan fingerprint density at radius 1 is 1.07 bits per heavy atom. The summed E-state index contributed by atoms with van der Waals surface area (Å²) >= 11 is 6.22. The van der Waals surface area contributed by atoms with Gasteiger partial charge in [0, 0.05) is 18.1 Å². The predicted octanol–water partition coefficient (Wildman–Crippen LogP) is 4.13. The van der Waals surface area contributed by atoms with Crippen molar-refractivity contribution in [2.45, 2.75) is 46.2 Å². The molecular weight excluding hydrogens is 360 g/mol. The van der Waals surface area contributed by atoms with E-state index in [1.807, 2.05) is 56.3 Å². The molecule has 0 aliphatic rings. The first kappa shape index (κ1) is 21.0. The molecule has 27 heavy (non-hydrogen) atoms. The van der Waals surface area contributed by atoms with E-state index in [1.165, 1.54) is 0 Å². The maximum atomic E-state index is 13.1. The molecule has 0 aliphatic carbocycles. The van der Waals surface area contributed by atoms with Crippen molar-refractivity contribution in [3.05, 3.63) is 70.2 Å². The lowest BCUT2D eigenvalue weighted by atomic mass is 10.1. The number of halogens is 1. The van der Waals surface area contributed by atoms with Crippen molar-refractivity contribution in [2.24, 2.45) is 0 Å². The van der Waals surface area contributed by atoms with Gasteiger partial charge in [-0.1, -0.05) is 61.0 Å². The number of rotatable bonds is 8. The minimum Gasteiger partial charge on any atom is -0.354 e. The molecule has 4 nitrogen and oxygen atoms in total. The highest BCUT2D eigenvalue weighted by molar-refractivity contribution is 6.31. The maximum Gasteiger partial charge on any atom is 0.242 e. The van der Waals surface area contributed by atoms with Gasteiger partial charge in [0.05, 0.1) is 6.42 Å². The summed E-state index contributed by atoms with van der Waals surface area (Å²) in [6.07, 6.45) is 1.01. The number of carbonyl (C=O) groups excluding carboxylic acids is 2. The Labute approximate surface area is 166 Å². The summed E-state index contributed by atoms with van der Waals surface area (Å²) in [6.45, 7) is 6.76. The van der Waals surface area contributed by atoms with Crippen LogP contribution in [0.1, 0.15) is 37.0 Å². The first-order valence-corrected chi connectivity index (χ1v) is 9.67. The van der Waals surface area contributed by atoms with Crippen LogP contribution in [0.3, 0.4) is 0 Å². The van der Waals surface area contributed by atoms with Crippen molar-refractivity contribution < 1.29 is 9.59 Å². The van der Waals surface area contributed by atoms with Crippen LogP contribution in [-0.4, -0.2) is 29.3 Å². The lowest BCUT2D eigenvalue weighted by Crippen LogP contribution is -2.48. The molecule has 0 fully saturated rings. The molecule has 0 bridgehead atoms. The van der Waals surface area contributed by atoms with Crippen molar-refractivity contribution in [2.75, 3.05) is 6.54 Å². The first-order valence-electron chi connectivity index (χ1n) is 9.29. The van der Waals surface area contributed by atoms with Crippen LogP contribution in [0.5, 0.6) is 0 Å². The Morgan fingerprint density at radius 3 is 2.33 bits per heavy atom. The van der Waals surface area contributed by atoms with E-state index in [0.717, 1.165) is 23.1 Å². The molecule has 144 valence electrons. The fraction of sp³-hybridized carbons (Fsp3) is 0.364. The summed E-state index contributed by atoms with van der Waals surface area (Å²) in [5, 5.41) is 3.44.